The molecule has 1 aromatic rings. The topological polar surface area (TPSA) is 64.3 Å². The van der Waals surface area contributed by atoms with Gasteiger partial charge in [0.05, 0.1) is 6.04 Å². The van der Waals surface area contributed by atoms with E-state index < -0.39 is 6.04 Å². The van der Waals surface area contributed by atoms with Gasteiger partial charge in [-0.3, -0.25) is 4.79 Å². The quantitative estimate of drug-likeness (QED) is 0.699. The van der Waals surface area contributed by atoms with Crippen molar-refractivity contribution < 1.29 is 9.53 Å². The first-order valence-electron chi connectivity index (χ1n) is 6.72. The Morgan fingerprint density at radius 2 is 2.05 bits per heavy atom. The highest BCUT2D eigenvalue weighted by Gasteiger charge is 2.15. The highest BCUT2D eigenvalue weighted by Crippen LogP contribution is 2.03. The van der Waals surface area contributed by atoms with E-state index in [2.05, 4.69) is 17.4 Å². The molecule has 0 aliphatic heterocycles. The fourth-order valence-electron chi connectivity index (χ4n) is 1.95. The number of hydrogen-bond acceptors (Lipinski definition) is 3. The van der Waals surface area contributed by atoms with E-state index in [0.29, 0.717) is 13.0 Å². The number of benzene rings is 1. The molecule has 0 radical (unpaired) electrons. The van der Waals surface area contributed by atoms with E-state index in [0.717, 1.165) is 12.8 Å². The molecule has 19 heavy (non-hydrogen) atoms. The second kappa shape index (κ2) is 8.67. The molecule has 106 valence electrons. The largest absolute Gasteiger partial charge is 0.385 e. The fourth-order valence-corrected chi connectivity index (χ4v) is 1.95. The number of carbonyl (C=O) groups excluding carboxylic acids is 1. The van der Waals surface area contributed by atoms with Crippen molar-refractivity contribution in [2.75, 3.05) is 13.7 Å². The van der Waals surface area contributed by atoms with Gasteiger partial charge in [0, 0.05) is 19.8 Å². The van der Waals surface area contributed by atoms with E-state index in [1.807, 2.05) is 25.1 Å². The number of rotatable bonds is 8. The summed E-state index contributed by atoms with van der Waals surface area (Å²) < 4.78 is 4.94. The zero-order valence-corrected chi connectivity index (χ0v) is 11.8. The molecule has 0 aromatic heterocycles. The predicted molar refractivity (Wildman–Crippen MR) is 76.8 cm³/mol. The van der Waals surface area contributed by atoms with Gasteiger partial charge in [-0.1, -0.05) is 30.3 Å². The molecule has 0 aliphatic carbocycles. The minimum atomic E-state index is -0.451. The molecule has 3 N–H and O–H groups in total. The summed E-state index contributed by atoms with van der Waals surface area (Å²) in [6.45, 7) is 2.63. The van der Waals surface area contributed by atoms with Crippen LogP contribution in [0.5, 0.6) is 0 Å². The lowest BCUT2D eigenvalue weighted by molar-refractivity contribution is -0.123. The van der Waals surface area contributed by atoms with Crippen LogP contribution in [-0.4, -0.2) is 31.7 Å². The van der Waals surface area contributed by atoms with Gasteiger partial charge in [0.2, 0.25) is 5.91 Å². The van der Waals surface area contributed by atoms with Crippen LogP contribution < -0.4 is 11.1 Å². The van der Waals surface area contributed by atoms with Crippen LogP contribution in [0.2, 0.25) is 0 Å². The molecule has 0 aliphatic rings. The van der Waals surface area contributed by atoms with E-state index in [1.165, 1.54) is 5.56 Å². The van der Waals surface area contributed by atoms with Crippen molar-refractivity contribution in [3.05, 3.63) is 35.9 Å². The van der Waals surface area contributed by atoms with Gasteiger partial charge in [0.25, 0.3) is 0 Å². The summed E-state index contributed by atoms with van der Waals surface area (Å²) in [5.74, 6) is -0.0838. The van der Waals surface area contributed by atoms with E-state index >= 15 is 0 Å². The number of hydrogen-bond donors (Lipinski definition) is 2. The Morgan fingerprint density at radius 1 is 1.37 bits per heavy atom. The molecule has 4 nitrogen and oxygen atoms in total. The van der Waals surface area contributed by atoms with Crippen molar-refractivity contribution in [3.63, 3.8) is 0 Å². The van der Waals surface area contributed by atoms with Gasteiger partial charge in [0.15, 0.2) is 0 Å². The van der Waals surface area contributed by atoms with Crippen molar-refractivity contribution in [1.82, 2.24) is 5.32 Å². The zero-order valence-electron chi connectivity index (χ0n) is 11.8. The first-order valence-corrected chi connectivity index (χ1v) is 6.72. The molecule has 0 bridgehead atoms. The fraction of sp³-hybridized carbons (Fsp3) is 0.533. The number of nitrogens with two attached hydrogens (primary N) is 1. The summed E-state index contributed by atoms with van der Waals surface area (Å²) in [5, 5.41) is 2.95. The summed E-state index contributed by atoms with van der Waals surface area (Å²) in [4.78, 5) is 11.9. The lowest BCUT2D eigenvalue weighted by Crippen LogP contribution is -2.45. The molecule has 0 fully saturated rings. The number of ether oxygens (including phenoxy) is 1. The Hall–Kier alpha value is -1.39. The average Bonchev–Trinajstić information content (AvgIpc) is 2.39. The maximum atomic E-state index is 11.9. The van der Waals surface area contributed by atoms with Gasteiger partial charge in [-0.25, -0.2) is 0 Å². The van der Waals surface area contributed by atoms with Crippen LogP contribution in [0.1, 0.15) is 25.3 Å². The second-order valence-electron chi connectivity index (χ2n) is 4.84. The number of carbonyl (C=O) groups is 1. The maximum absolute atomic E-state index is 11.9. The van der Waals surface area contributed by atoms with Gasteiger partial charge in [0.1, 0.15) is 0 Å². The van der Waals surface area contributed by atoms with Gasteiger partial charge in [-0.05, 0) is 31.7 Å². The summed E-state index contributed by atoms with van der Waals surface area (Å²) in [6, 6.07) is 9.73. The third-order valence-corrected chi connectivity index (χ3v) is 2.97. The van der Waals surface area contributed by atoms with Crippen LogP contribution in [0.4, 0.5) is 0 Å². The van der Waals surface area contributed by atoms with E-state index in [4.69, 9.17) is 10.5 Å². The second-order valence-corrected chi connectivity index (χ2v) is 4.84. The standard InChI is InChI=1S/C15H24N2O2/c1-12(11-13-7-4-3-5-8-13)17-15(18)14(16)9-6-10-19-2/h3-5,7-8,12,14H,6,9-11,16H2,1-2H3,(H,17,18). The molecular weight excluding hydrogens is 240 g/mol. The number of amides is 1. The van der Waals surface area contributed by atoms with Crippen LogP contribution in [0.25, 0.3) is 0 Å². The van der Waals surface area contributed by atoms with Crippen molar-refractivity contribution >= 4 is 5.91 Å². The van der Waals surface area contributed by atoms with Gasteiger partial charge in [-0.15, -0.1) is 0 Å². The Balaban J connectivity index is 2.31. The lowest BCUT2D eigenvalue weighted by Gasteiger charge is -2.17. The predicted octanol–water partition coefficient (Wildman–Crippen LogP) is 1.49. The van der Waals surface area contributed by atoms with Crippen LogP contribution in [0.15, 0.2) is 30.3 Å². The third-order valence-electron chi connectivity index (χ3n) is 2.97. The number of methoxy groups -OCH3 is 1. The Morgan fingerprint density at radius 3 is 2.68 bits per heavy atom. The highest BCUT2D eigenvalue weighted by atomic mass is 16.5. The third kappa shape index (κ3) is 6.36. The molecule has 2 atom stereocenters. The number of nitrogens with one attached hydrogen (secondary N) is 1. The minimum absolute atomic E-state index is 0.0838. The Bertz CT molecular complexity index is 368. The lowest BCUT2D eigenvalue weighted by atomic mass is 10.1. The first-order chi connectivity index (χ1) is 9.13. The zero-order chi connectivity index (χ0) is 14.1. The molecule has 0 saturated heterocycles. The molecular formula is C15H24N2O2. The summed E-state index contributed by atoms with van der Waals surface area (Å²) in [6.07, 6.45) is 2.27. The van der Waals surface area contributed by atoms with Crippen molar-refractivity contribution in [1.29, 1.82) is 0 Å². The molecule has 0 saturated carbocycles. The average molecular weight is 264 g/mol. The smallest absolute Gasteiger partial charge is 0.237 e. The molecule has 1 amide bonds. The Kier molecular flexibility index (Phi) is 7.15. The van der Waals surface area contributed by atoms with Crippen molar-refractivity contribution in [2.45, 2.75) is 38.3 Å². The van der Waals surface area contributed by atoms with Crippen LogP contribution in [0.3, 0.4) is 0 Å². The molecule has 2 unspecified atom stereocenters. The molecule has 1 aromatic carbocycles. The summed E-state index contributed by atoms with van der Waals surface area (Å²) in [7, 11) is 1.65. The molecule has 4 heteroatoms. The normalized spacial score (nSPS) is 13.8. The maximum Gasteiger partial charge on any atom is 0.237 e. The van der Waals surface area contributed by atoms with Gasteiger partial charge >= 0.3 is 0 Å². The van der Waals surface area contributed by atoms with Crippen LogP contribution in [0, 0.1) is 0 Å². The van der Waals surface area contributed by atoms with Gasteiger partial charge < -0.3 is 15.8 Å². The molecule has 0 heterocycles. The van der Waals surface area contributed by atoms with Crippen LogP contribution in [-0.2, 0) is 16.0 Å². The first kappa shape index (κ1) is 15.7. The van der Waals surface area contributed by atoms with Gasteiger partial charge in [-0.2, -0.15) is 0 Å². The van der Waals surface area contributed by atoms with E-state index in [-0.39, 0.29) is 11.9 Å². The minimum Gasteiger partial charge on any atom is -0.385 e. The SMILES string of the molecule is COCCCC(N)C(=O)NC(C)Cc1ccccc1. The monoisotopic (exact) mass is 264 g/mol. The molecule has 1 rings (SSSR count). The van der Waals surface area contributed by atoms with E-state index in [1.54, 1.807) is 7.11 Å². The summed E-state index contributed by atoms with van der Waals surface area (Å²) in [5.41, 5.74) is 7.04. The summed E-state index contributed by atoms with van der Waals surface area (Å²) >= 11 is 0. The highest BCUT2D eigenvalue weighted by molar-refractivity contribution is 5.81. The van der Waals surface area contributed by atoms with Crippen molar-refractivity contribution in [2.24, 2.45) is 5.73 Å². The molecule has 0 spiro atoms. The van der Waals surface area contributed by atoms with Crippen LogP contribution >= 0.6 is 0 Å². The van der Waals surface area contributed by atoms with E-state index in [9.17, 15) is 4.79 Å². The van der Waals surface area contributed by atoms with Crippen molar-refractivity contribution in [3.8, 4) is 0 Å². The Labute approximate surface area is 115 Å².